The zero-order valence-electron chi connectivity index (χ0n) is 16.5. The molecule has 1 heterocycles. The van der Waals surface area contributed by atoms with Gasteiger partial charge in [-0.25, -0.2) is 0 Å². The van der Waals surface area contributed by atoms with Crippen LogP contribution >= 0.6 is 0 Å². The van der Waals surface area contributed by atoms with E-state index in [9.17, 15) is 4.79 Å². The van der Waals surface area contributed by atoms with E-state index in [1.807, 2.05) is 48.5 Å². The van der Waals surface area contributed by atoms with E-state index in [1.165, 1.54) is 5.56 Å². The minimum atomic E-state index is -0.0223. The van der Waals surface area contributed by atoms with Crippen molar-refractivity contribution >= 4 is 22.9 Å². The second kappa shape index (κ2) is 8.19. The quantitative estimate of drug-likeness (QED) is 0.302. The number of hydrogen-bond acceptors (Lipinski definition) is 3. The number of allylic oxidation sites excluding steroid dienone is 1. The predicted octanol–water partition coefficient (Wildman–Crippen LogP) is 6.32. The van der Waals surface area contributed by atoms with Crippen LogP contribution < -0.4 is 0 Å². The Kier molecular flexibility index (Phi) is 5.30. The highest BCUT2D eigenvalue weighted by atomic mass is 16.1. The molecule has 4 rings (SSSR count). The summed E-state index contributed by atoms with van der Waals surface area (Å²) in [6.07, 6.45) is 6.75. The number of rotatable bonds is 5. The third-order valence-electron chi connectivity index (χ3n) is 5.00. The predicted molar refractivity (Wildman–Crippen MR) is 119 cm³/mol. The SMILES string of the molecule is CC(C)c1ccc(-c2ccc(C(=O)/C=C/c3ccc4nccnc4c3)cc2)cc1. The largest absolute Gasteiger partial charge is 0.289 e. The highest BCUT2D eigenvalue weighted by molar-refractivity contribution is 6.07. The Morgan fingerprint density at radius 2 is 1.41 bits per heavy atom. The minimum absolute atomic E-state index is 0.0223. The molecule has 1 aromatic heterocycles. The van der Waals surface area contributed by atoms with Crippen molar-refractivity contribution in [3.05, 3.63) is 102 Å². The second-order valence-electron chi connectivity index (χ2n) is 7.36. The van der Waals surface area contributed by atoms with Gasteiger partial charge < -0.3 is 0 Å². The molecule has 4 aromatic rings. The number of carbonyl (C=O) groups is 1. The Bertz CT molecular complexity index is 1170. The smallest absolute Gasteiger partial charge is 0.185 e. The Balaban J connectivity index is 1.49. The number of carbonyl (C=O) groups excluding carboxylic acids is 1. The van der Waals surface area contributed by atoms with Crippen LogP contribution in [0.5, 0.6) is 0 Å². The van der Waals surface area contributed by atoms with Gasteiger partial charge in [0.05, 0.1) is 11.0 Å². The number of aromatic nitrogens is 2. The zero-order valence-corrected chi connectivity index (χ0v) is 16.5. The first-order valence-electron chi connectivity index (χ1n) is 9.74. The van der Waals surface area contributed by atoms with Crippen molar-refractivity contribution in [1.29, 1.82) is 0 Å². The molecule has 0 N–H and O–H groups in total. The summed E-state index contributed by atoms with van der Waals surface area (Å²) in [5.74, 6) is 0.497. The van der Waals surface area contributed by atoms with Crippen LogP contribution in [-0.2, 0) is 0 Å². The molecule has 0 amide bonds. The maximum atomic E-state index is 12.5. The molecule has 3 aromatic carbocycles. The highest BCUT2D eigenvalue weighted by Gasteiger charge is 2.05. The lowest BCUT2D eigenvalue weighted by Gasteiger charge is -2.07. The van der Waals surface area contributed by atoms with Gasteiger partial charge in [-0.3, -0.25) is 14.8 Å². The van der Waals surface area contributed by atoms with Gasteiger partial charge >= 0.3 is 0 Å². The molecule has 0 bridgehead atoms. The molecule has 3 nitrogen and oxygen atoms in total. The summed E-state index contributed by atoms with van der Waals surface area (Å²) in [7, 11) is 0. The van der Waals surface area contributed by atoms with Crippen molar-refractivity contribution in [3.8, 4) is 11.1 Å². The van der Waals surface area contributed by atoms with E-state index in [4.69, 9.17) is 0 Å². The lowest BCUT2D eigenvalue weighted by Crippen LogP contribution is -1.94. The summed E-state index contributed by atoms with van der Waals surface area (Å²) in [6.45, 7) is 4.38. The highest BCUT2D eigenvalue weighted by Crippen LogP contribution is 2.23. The van der Waals surface area contributed by atoms with Crippen molar-refractivity contribution in [2.75, 3.05) is 0 Å². The van der Waals surface area contributed by atoms with Crippen LogP contribution in [0.1, 0.15) is 41.3 Å². The van der Waals surface area contributed by atoms with Crippen LogP contribution in [-0.4, -0.2) is 15.8 Å². The number of hydrogen-bond donors (Lipinski definition) is 0. The van der Waals surface area contributed by atoms with Gasteiger partial charge in [-0.2, -0.15) is 0 Å². The number of benzene rings is 3. The van der Waals surface area contributed by atoms with Crippen LogP contribution in [0.15, 0.2) is 85.2 Å². The van der Waals surface area contributed by atoms with Crippen LogP contribution in [0.2, 0.25) is 0 Å². The molecule has 0 saturated heterocycles. The first-order valence-corrected chi connectivity index (χ1v) is 9.74. The van der Waals surface area contributed by atoms with Gasteiger partial charge in [0.1, 0.15) is 0 Å². The molecular formula is C26H22N2O. The lowest BCUT2D eigenvalue weighted by molar-refractivity contribution is 0.104. The molecular weight excluding hydrogens is 356 g/mol. The van der Waals surface area contributed by atoms with Gasteiger partial charge in [0.25, 0.3) is 0 Å². The van der Waals surface area contributed by atoms with E-state index in [-0.39, 0.29) is 5.78 Å². The summed E-state index contributed by atoms with van der Waals surface area (Å²) in [6, 6.07) is 22.1. The van der Waals surface area contributed by atoms with Gasteiger partial charge in [-0.05, 0) is 46.4 Å². The zero-order chi connectivity index (χ0) is 20.2. The van der Waals surface area contributed by atoms with Crippen molar-refractivity contribution < 1.29 is 4.79 Å². The minimum Gasteiger partial charge on any atom is -0.289 e. The van der Waals surface area contributed by atoms with Crippen LogP contribution in [0.4, 0.5) is 0 Å². The molecule has 3 heteroatoms. The standard InChI is InChI=1S/C26H22N2O/c1-18(2)20-5-7-21(8-6-20)22-9-11-23(12-10-22)26(29)14-4-19-3-13-24-25(17-19)28-16-15-27-24/h3-18H,1-2H3/b14-4+. The summed E-state index contributed by atoms with van der Waals surface area (Å²) >= 11 is 0. The Morgan fingerprint density at radius 3 is 2.07 bits per heavy atom. The summed E-state index contributed by atoms with van der Waals surface area (Å²) in [5.41, 5.74) is 6.83. The van der Waals surface area contributed by atoms with Gasteiger partial charge in [-0.1, -0.05) is 74.5 Å². The van der Waals surface area contributed by atoms with E-state index < -0.39 is 0 Å². The molecule has 142 valence electrons. The lowest BCUT2D eigenvalue weighted by atomic mass is 9.98. The molecule has 29 heavy (non-hydrogen) atoms. The number of nitrogens with zero attached hydrogens (tertiary/aromatic N) is 2. The molecule has 0 spiro atoms. The Labute approximate surface area is 170 Å². The van der Waals surface area contributed by atoms with Crippen molar-refractivity contribution in [3.63, 3.8) is 0 Å². The van der Waals surface area contributed by atoms with Crippen molar-refractivity contribution in [2.45, 2.75) is 19.8 Å². The topological polar surface area (TPSA) is 42.9 Å². The van der Waals surface area contributed by atoms with Gasteiger partial charge in [0, 0.05) is 18.0 Å². The van der Waals surface area contributed by atoms with Crippen LogP contribution in [0.25, 0.3) is 28.2 Å². The van der Waals surface area contributed by atoms with Gasteiger partial charge in [0.15, 0.2) is 5.78 Å². The number of ketones is 1. The van der Waals surface area contributed by atoms with E-state index in [0.29, 0.717) is 11.5 Å². The third kappa shape index (κ3) is 4.30. The normalized spacial score (nSPS) is 11.4. The fourth-order valence-corrected chi connectivity index (χ4v) is 3.24. The summed E-state index contributed by atoms with van der Waals surface area (Å²) in [4.78, 5) is 21.1. The molecule has 0 saturated carbocycles. The van der Waals surface area contributed by atoms with E-state index in [2.05, 4.69) is 48.1 Å². The molecule has 0 radical (unpaired) electrons. The van der Waals surface area contributed by atoms with Crippen molar-refractivity contribution in [2.24, 2.45) is 0 Å². The monoisotopic (exact) mass is 378 g/mol. The molecule has 0 unspecified atom stereocenters. The Hall–Kier alpha value is -3.59. The first kappa shape index (κ1) is 18.8. The summed E-state index contributed by atoms with van der Waals surface area (Å²) < 4.78 is 0. The maximum Gasteiger partial charge on any atom is 0.185 e. The average molecular weight is 378 g/mol. The number of fused-ring (bicyclic) bond motifs is 1. The van der Waals surface area contributed by atoms with E-state index >= 15 is 0 Å². The molecule has 0 atom stereocenters. The van der Waals surface area contributed by atoms with E-state index in [1.54, 1.807) is 18.5 Å². The molecule has 0 aliphatic heterocycles. The fourth-order valence-electron chi connectivity index (χ4n) is 3.24. The maximum absolute atomic E-state index is 12.5. The van der Waals surface area contributed by atoms with Crippen molar-refractivity contribution in [1.82, 2.24) is 9.97 Å². The first-order chi connectivity index (χ1) is 14.1. The molecule has 0 aliphatic rings. The summed E-state index contributed by atoms with van der Waals surface area (Å²) in [5, 5.41) is 0. The van der Waals surface area contributed by atoms with Crippen LogP contribution in [0, 0.1) is 0 Å². The Morgan fingerprint density at radius 1 is 0.793 bits per heavy atom. The molecule has 0 aliphatic carbocycles. The average Bonchev–Trinajstić information content (AvgIpc) is 2.77. The third-order valence-corrected chi connectivity index (χ3v) is 5.00. The van der Waals surface area contributed by atoms with Crippen LogP contribution in [0.3, 0.4) is 0 Å². The fraction of sp³-hybridized carbons (Fsp3) is 0.115. The van der Waals surface area contributed by atoms with Gasteiger partial charge in [-0.15, -0.1) is 0 Å². The molecule has 0 fully saturated rings. The van der Waals surface area contributed by atoms with E-state index in [0.717, 1.165) is 27.7 Å². The second-order valence-corrected chi connectivity index (χ2v) is 7.36. The van der Waals surface area contributed by atoms with Gasteiger partial charge in [0.2, 0.25) is 0 Å².